The Morgan fingerprint density at radius 2 is 1.70 bits per heavy atom. The first kappa shape index (κ1) is 31.1. The molecule has 3 nitrogen and oxygen atoms in total. The summed E-state index contributed by atoms with van der Waals surface area (Å²) in [6.45, 7) is 12.5. The number of allylic oxidation sites excluding steroid dienone is 1. The second-order valence-electron chi connectivity index (χ2n) is 14.3. The molecule has 0 amide bonds. The van der Waals surface area contributed by atoms with Gasteiger partial charge in [-0.25, -0.2) is 4.79 Å². The maximum atomic E-state index is 12.8. The van der Waals surface area contributed by atoms with Crippen molar-refractivity contribution in [3.05, 3.63) is 37.2 Å². The molecule has 1 aromatic carbocycles. The standard InChI is InChI=1S/C34H47Br3O3/c1-20(2)7-6-8-21(3)26-11-12-27-25-10-9-22-17-24(13-15-33(22,4)28(25)14-16-34(26,27)5)39-32(38)40-31-29(36)18-23(35)19-30(31)37/h9,18-21,24-28H,6-8,10-17H2,1-5H3/t21-,24+,25-,26+,27+,28+,33+,34-/m1/s1. The van der Waals surface area contributed by atoms with Crippen LogP contribution >= 0.6 is 47.8 Å². The largest absolute Gasteiger partial charge is 0.514 e. The Bertz CT molecular complexity index is 1110. The molecule has 0 radical (unpaired) electrons. The predicted molar refractivity (Wildman–Crippen MR) is 173 cm³/mol. The lowest BCUT2D eigenvalue weighted by Crippen LogP contribution is -2.51. The van der Waals surface area contributed by atoms with Crippen LogP contribution < -0.4 is 4.74 Å². The number of carbonyl (C=O) groups excluding carboxylic acids is 1. The van der Waals surface area contributed by atoms with Gasteiger partial charge in [-0.1, -0.05) is 81.5 Å². The molecule has 8 atom stereocenters. The first-order valence-corrected chi connectivity index (χ1v) is 18.0. The third-order valence-electron chi connectivity index (χ3n) is 11.7. The van der Waals surface area contributed by atoms with E-state index in [-0.39, 0.29) is 11.5 Å². The molecule has 0 heterocycles. The fourth-order valence-corrected chi connectivity index (χ4v) is 12.0. The van der Waals surface area contributed by atoms with Crippen LogP contribution in [0.3, 0.4) is 0 Å². The quantitative estimate of drug-likeness (QED) is 0.158. The third-order valence-corrected chi connectivity index (χ3v) is 13.3. The van der Waals surface area contributed by atoms with Crippen molar-refractivity contribution in [2.75, 3.05) is 0 Å². The van der Waals surface area contributed by atoms with Crippen molar-refractivity contribution in [3.8, 4) is 5.75 Å². The smallest absolute Gasteiger partial charge is 0.430 e. The summed E-state index contributed by atoms with van der Waals surface area (Å²) in [4.78, 5) is 12.8. The van der Waals surface area contributed by atoms with E-state index in [9.17, 15) is 4.79 Å². The molecule has 3 fully saturated rings. The van der Waals surface area contributed by atoms with Gasteiger partial charge >= 0.3 is 6.16 Å². The van der Waals surface area contributed by atoms with Gasteiger partial charge in [-0.3, -0.25) is 0 Å². The summed E-state index contributed by atoms with van der Waals surface area (Å²) in [5, 5.41) is 0. The van der Waals surface area contributed by atoms with E-state index < -0.39 is 6.16 Å². The van der Waals surface area contributed by atoms with E-state index in [0.29, 0.717) is 20.1 Å². The number of carbonyl (C=O) groups is 1. The van der Waals surface area contributed by atoms with E-state index in [1.54, 1.807) is 0 Å². The first-order valence-electron chi connectivity index (χ1n) is 15.6. The van der Waals surface area contributed by atoms with Gasteiger partial charge in [0.2, 0.25) is 0 Å². The van der Waals surface area contributed by atoms with Crippen molar-refractivity contribution in [2.24, 2.45) is 46.3 Å². The summed E-state index contributed by atoms with van der Waals surface area (Å²) in [6.07, 6.45) is 15.7. The zero-order chi connectivity index (χ0) is 28.8. The van der Waals surface area contributed by atoms with E-state index in [1.165, 1.54) is 56.9 Å². The van der Waals surface area contributed by atoms with Gasteiger partial charge in [0.1, 0.15) is 6.10 Å². The van der Waals surface area contributed by atoms with Crippen molar-refractivity contribution in [1.29, 1.82) is 0 Å². The number of hydrogen-bond donors (Lipinski definition) is 0. The number of hydrogen-bond acceptors (Lipinski definition) is 3. The Kier molecular flexibility index (Phi) is 9.60. The van der Waals surface area contributed by atoms with Crippen LogP contribution in [-0.4, -0.2) is 12.3 Å². The van der Waals surface area contributed by atoms with E-state index in [0.717, 1.165) is 59.2 Å². The number of benzene rings is 1. The molecule has 0 bridgehead atoms. The summed E-state index contributed by atoms with van der Waals surface area (Å²) in [5.41, 5.74) is 2.29. The highest BCUT2D eigenvalue weighted by Gasteiger charge is 2.59. The van der Waals surface area contributed by atoms with Crippen LogP contribution in [0.25, 0.3) is 0 Å². The summed E-state index contributed by atoms with van der Waals surface area (Å²) in [6, 6.07) is 3.72. The number of rotatable bonds is 7. The molecule has 3 saturated carbocycles. The molecule has 4 aliphatic carbocycles. The monoisotopic (exact) mass is 740 g/mol. The van der Waals surface area contributed by atoms with Gasteiger partial charge in [0, 0.05) is 10.9 Å². The number of fused-ring (bicyclic) bond motifs is 5. The SMILES string of the molecule is CC(C)CCC[C@@H](C)[C@@H]1CC[C@H]2[C@H]3CC=C4C[C@@H](OC(=O)Oc5c(Br)cc(Br)cc5Br)CC[C@]4(C)[C@H]3CC[C@@]21C. The van der Waals surface area contributed by atoms with E-state index in [4.69, 9.17) is 9.47 Å². The average molecular weight is 743 g/mol. The fraction of sp³-hybridized carbons (Fsp3) is 0.735. The van der Waals surface area contributed by atoms with E-state index in [2.05, 4.69) is 88.5 Å². The molecule has 0 aliphatic heterocycles. The van der Waals surface area contributed by atoms with Gasteiger partial charge < -0.3 is 9.47 Å². The molecule has 6 heteroatoms. The molecular weight excluding hydrogens is 696 g/mol. The predicted octanol–water partition coefficient (Wildman–Crippen LogP) is 11.9. The summed E-state index contributed by atoms with van der Waals surface area (Å²) < 4.78 is 13.8. The number of ether oxygens (including phenoxy) is 2. The van der Waals surface area contributed by atoms with Crippen LogP contribution in [0.4, 0.5) is 4.79 Å². The van der Waals surface area contributed by atoms with Gasteiger partial charge in [0.05, 0.1) is 8.95 Å². The zero-order valence-corrected chi connectivity index (χ0v) is 29.7. The molecule has 0 aromatic heterocycles. The van der Waals surface area contributed by atoms with Crippen molar-refractivity contribution in [3.63, 3.8) is 0 Å². The summed E-state index contributed by atoms with van der Waals surface area (Å²) >= 11 is 10.4. The highest BCUT2D eigenvalue weighted by molar-refractivity contribution is 9.11. The minimum absolute atomic E-state index is 0.118. The topological polar surface area (TPSA) is 35.5 Å². The lowest BCUT2D eigenvalue weighted by atomic mass is 9.47. The highest BCUT2D eigenvalue weighted by Crippen LogP contribution is 2.67. The van der Waals surface area contributed by atoms with Crippen molar-refractivity contribution < 1.29 is 14.3 Å². The Hall–Kier alpha value is -0.330. The van der Waals surface area contributed by atoms with Crippen LogP contribution in [-0.2, 0) is 4.74 Å². The van der Waals surface area contributed by atoms with Crippen LogP contribution in [0, 0.1) is 46.3 Å². The molecule has 0 spiro atoms. The summed E-state index contributed by atoms with van der Waals surface area (Å²) in [7, 11) is 0. The zero-order valence-electron chi connectivity index (χ0n) is 24.9. The Morgan fingerprint density at radius 1 is 0.975 bits per heavy atom. The molecule has 40 heavy (non-hydrogen) atoms. The molecule has 4 aliphatic rings. The van der Waals surface area contributed by atoms with Crippen LogP contribution in [0.2, 0.25) is 0 Å². The normalized spacial score (nSPS) is 35.8. The second-order valence-corrected chi connectivity index (χ2v) is 16.9. The highest BCUT2D eigenvalue weighted by atomic mass is 79.9. The maximum Gasteiger partial charge on any atom is 0.514 e. The molecule has 1 aromatic rings. The summed E-state index contributed by atoms with van der Waals surface area (Å²) in [5.74, 6) is 5.46. The van der Waals surface area contributed by atoms with Gasteiger partial charge in [0.25, 0.3) is 0 Å². The maximum absolute atomic E-state index is 12.8. The minimum Gasteiger partial charge on any atom is -0.430 e. The first-order chi connectivity index (χ1) is 18.9. The van der Waals surface area contributed by atoms with Crippen molar-refractivity contribution in [1.82, 2.24) is 0 Å². The average Bonchev–Trinajstić information content (AvgIpc) is 3.23. The molecular formula is C34H47Br3O3. The fourth-order valence-electron chi connectivity index (χ4n) is 9.62. The minimum atomic E-state index is -0.625. The third kappa shape index (κ3) is 6.03. The Balaban J connectivity index is 1.23. The van der Waals surface area contributed by atoms with Crippen LogP contribution in [0.1, 0.15) is 105 Å². The molecule has 222 valence electrons. The van der Waals surface area contributed by atoms with E-state index in [1.807, 2.05) is 12.1 Å². The van der Waals surface area contributed by atoms with Crippen molar-refractivity contribution >= 4 is 53.9 Å². The lowest BCUT2D eigenvalue weighted by molar-refractivity contribution is -0.0597. The van der Waals surface area contributed by atoms with Gasteiger partial charge in [-0.2, -0.15) is 0 Å². The molecule has 5 rings (SSSR count). The second kappa shape index (κ2) is 12.3. The van der Waals surface area contributed by atoms with E-state index >= 15 is 0 Å². The Labute approximate surface area is 267 Å². The van der Waals surface area contributed by atoms with Crippen LogP contribution in [0.15, 0.2) is 37.2 Å². The number of halogens is 3. The Morgan fingerprint density at radius 3 is 2.40 bits per heavy atom. The van der Waals surface area contributed by atoms with Gasteiger partial charge in [-0.15, -0.1) is 0 Å². The molecule has 0 unspecified atom stereocenters. The van der Waals surface area contributed by atoms with Crippen LogP contribution in [0.5, 0.6) is 5.75 Å². The lowest BCUT2D eigenvalue weighted by Gasteiger charge is -2.58. The molecule has 0 N–H and O–H groups in total. The van der Waals surface area contributed by atoms with Crippen molar-refractivity contribution in [2.45, 2.75) is 111 Å². The van der Waals surface area contributed by atoms with Gasteiger partial charge in [-0.05, 0) is 135 Å². The molecule has 0 saturated heterocycles. The van der Waals surface area contributed by atoms with Gasteiger partial charge in [0.15, 0.2) is 5.75 Å².